The SMILES string of the molecule is C[C@@]1(Cc2ccc(Br)cc2)C(=O)N(c2cc(Cl)cc(Cl)c2)C(=O)N1CCCCCBr. The number of amides is 3. The van der Waals surface area contributed by atoms with Crippen molar-refractivity contribution in [3.05, 3.63) is 62.5 Å². The number of halogens is 4. The summed E-state index contributed by atoms with van der Waals surface area (Å²) in [6.45, 7) is 2.35. The molecule has 3 rings (SSSR count). The van der Waals surface area contributed by atoms with E-state index in [1.165, 1.54) is 4.90 Å². The lowest BCUT2D eigenvalue weighted by atomic mass is 9.91. The van der Waals surface area contributed by atoms with Crippen LogP contribution < -0.4 is 4.90 Å². The number of hydrogen-bond donors (Lipinski definition) is 0. The molecule has 1 fully saturated rings. The van der Waals surface area contributed by atoms with Crippen molar-refractivity contribution in [1.29, 1.82) is 0 Å². The number of nitrogens with zero attached hydrogens (tertiary/aromatic N) is 2. The van der Waals surface area contributed by atoms with Gasteiger partial charge in [0.1, 0.15) is 5.54 Å². The van der Waals surface area contributed by atoms with Crippen molar-refractivity contribution in [3.8, 4) is 0 Å². The standard InChI is InChI=1S/C22H22Br2Cl2N2O2/c1-22(14-15-5-7-16(24)8-6-15)20(29)28(19-12-17(25)11-18(26)13-19)21(30)27(22)10-4-2-3-9-23/h5-8,11-13H,2-4,9-10,14H2,1H3/t22-/m1/s1. The number of imide groups is 1. The van der Waals surface area contributed by atoms with Crippen molar-refractivity contribution in [2.45, 2.75) is 38.1 Å². The predicted octanol–water partition coefficient (Wildman–Crippen LogP) is 7.09. The molecule has 3 amide bonds. The number of unbranched alkanes of at least 4 members (excludes halogenated alkanes) is 2. The molecule has 1 saturated heterocycles. The molecular weight excluding hydrogens is 555 g/mol. The second kappa shape index (κ2) is 10.0. The van der Waals surface area contributed by atoms with E-state index in [1.54, 1.807) is 23.1 Å². The van der Waals surface area contributed by atoms with Crippen LogP contribution in [0.1, 0.15) is 31.7 Å². The highest BCUT2D eigenvalue weighted by Crippen LogP contribution is 2.37. The molecular formula is C22H22Br2Cl2N2O2. The summed E-state index contributed by atoms with van der Waals surface area (Å²) in [5, 5.41) is 1.68. The van der Waals surface area contributed by atoms with Crippen molar-refractivity contribution in [1.82, 2.24) is 4.90 Å². The van der Waals surface area contributed by atoms with E-state index in [-0.39, 0.29) is 11.9 Å². The normalized spacial score (nSPS) is 19.1. The molecule has 1 aliphatic rings. The number of benzene rings is 2. The first kappa shape index (κ1) is 23.6. The Balaban J connectivity index is 1.96. The molecule has 0 aliphatic carbocycles. The van der Waals surface area contributed by atoms with Crippen LogP contribution >= 0.6 is 55.1 Å². The smallest absolute Gasteiger partial charge is 0.309 e. The molecule has 0 spiro atoms. The van der Waals surface area contributed by atoms with Crippen LogP contribution in [0, 0.1) is 0 Å². The van der Waals surface area contributed by atoms with Crippen LogP contribution in [-0.2, 0) is 11.2 Å². The van der Waals surface area contributed by atoms with Gasteiger partial charge in [0, 0.05) is 32.8 Å². The first-order valence-electron chi connectivity index (χ1n) is 9.69. The number of rotatable bonds is 8. The van der Waals surface area contributed by atoms with Gasteiger partial charge in [-0.25, -0.2) is 9.69 Å². The minimum Gasteiger partial charge on any atom is -0.309 e. The van der Waals surface area contributed by atoms with E-state index in [4.69, 9.17) is 23.2 Å². The Morgan fingerprint density at radius 1 is 0.967 bits per heavy atom. The maximum Gasteiger partial charge on any atom is 0.332 e. The molecule has 0 N–H and O–H groups in total. The van der Waals surface area contributed by atoms with E-state index in [2.05, 4.69) is 31.9 Å². The third-order valence-corrected chi connectivity index (χ3v) is 6.79. The van der Waals surface area contributed by atoms with Crippen molar-refractivity contribution >= 4 is 72.7 Å². The molecule has 0 bridgehead atoms. The first-order valence-corrected chi connectivity index (χ1v) is 12.4. The Labute approximate surface area is 203 Å². The van der Waals surface area contributed by atoms with Gasteiger partial charge in [-0.2, -0.15) is 0 Å². The number of anilines is 1. The predicted molar refractivity (Wildman–Crippen MR) is 130 cm³/mol. The van der Waals surface area contributed by atoms with Crippen molar-refractivity contribution < 1.29 is 9.59 Å². The lowest BCUT2D eigenvalue weighted by Gasteiger charge is -2.32. The van der Waals surface area contributed by atoms with Gasteiger partial charge in [0.25, 0.3) is 5.91 Å². The van der Waals surface area contributed by atoms with Gasteiger partial charge in [-0.3, -0.25) is 4.79 Å². The largest absolute Gasteiger partial charge is 0.332 e. The summed E-state index contributed by atoms with van der Waals surface area (Å²) < 4.78 is 0.965. The average molecular weight is 577 g/mol. The second-order valence-corrected chi connectivity index (χ2v) is 10.1. The molecule has 0 unspecified atom stereocenters. The van der Waals surface area contributed by atoms with Gasteiger partial charge < -0.3 is 4.90 Å². The zero-order valence-corrected chi connectivity index (χ0v) is 21.2. The van der Waals surface area contributed by atoms with Gasteiger partial charge in [0.2, 0.25) is 0 Å². The Morgan fingerprint density at radius 2 is 1.60 bits per heavy atom. The lowest BCUT2D eigenvalue weighted by molar-refractivity contribution is -0.124. The van der Waals surface area contributed by atoms with Crippen LogP contribution in [0.25, 0.3) is 0 Å². The monoisotopic (exact) mass is 574 g/mol. The van der Waals surface area contributed by atoms with Crippen LogP contribution in [0.5, 0.6) is 0 Å². The van der Waals surface area contributed by atoms with E-state index in [1.807, 2.05) is 31.2 Å². The summed E-state index contributed by atoms with van der Waals surface area (Å²) in [6.07, 6.45) is 3.24. The maximum atomic E-state index is 13.6. The quantitative estimate of drug-likeness (QED) is 0.191. The topological polar surface area (TPSA) is 40.6 Å². The van der Waals surface area contributed by atoms with Crippen molar-refractivity contribution in [3.63, 3.8) is 0 Å². The second-order valence-electron chi connectivity index (χ2n) is 7.53. The number of urea groups is 1. The van der Waals surface area contributed by atoms with Crippen LogP contribution in [0.2, 0.25) is 10.0 Å². The highest BCUT2D eigenvalue weighted by molar-refractivity contribution is 9.10. The van der Waals surface area contributed by atoms with Crippen LogP contribution in [0.4, 0.5) is 10.5 Å². The zero-order chi connectivity index (χ0) is 21.9. The Hall–Kier alpha value is -1.08. The number of hydrogen-bond acceptors (Lipinski definition) is 2. The number of alkyl halides is 1. The molecule has 1 atom stereocenters. The van der Waals surface area contributed by atoms with E-state index >= 15 is 0 Å². The molecule has 2 aromatic carbocycles. The molecule has 0 radical (unpaired) electrons. The summed E-state index contributed by atoms with van der Waals surface area (Å²) >= 11 is 19.2. The number of carbonyl (C=O) groups excluding carboxylic acids is 2. The van der Waals surface area contributed by atoms with Gasteiger partial charge in [0.05, 0.1) is 5.69 Å². The zero-order valence-electron chi connectivity index (χ0n) is 16.5. The minimum absolute atomic E-state index is 0.269. The van der Waals surface area contributed by atoms with E-state index < -0.39 is 5.54 Å². The van der Waals surface area contributed by atoms with E-state index in [9.17, 15) is 9.59 Å². The molecule has 0 aromatic heterocycles. The van der Waals surface area contributed by atoms with Crippen molar-refractivity contribution in [2.75, 3.05) is 16.8 Å². The fourth-order valence-corrected chi connectivity index (χ4v) is 4.90. The average Bonchev–Trinajstić information content (AvgIpc) is 2.86. The fraction of sp³-hybridized carbons (Fsp3) is 0.364. The highest BCUT2D eigenvalue weighted by Gasteiger charge is 2.54. The van der Waals surface area contributed by atoms with E-state index in [0.717, 1.165) is 34.6 Å². The molecule has 30 heavy (non-hydrogen) atoms. The summed E-state index contributed by atoms with van der Waals surface area (Å²) in [6, 6.07) is 12.2. The van der Waals surface area contributed by atoms with Gasteiger partial charge >= 0.3 is 6.03 Å². The Morgan fingerprint density at radius 3 is 2.20 bits per heavy atom. The highest BCUT2D eigenvalue weighted by atomic mass is 79.9. The van der Waals surface area contributed by atoms with Crippen LogP contribution in [-0.4, -0.2) is 34.3 Å². The third-order valence-electron chi connectivity index (χ3n) is 5.26. The first-order chi connectivity index (χ1) is 14.3. The van der Waals surface area contributed by atoms with Crippen molar-refractivity contribution in [2.24, 2.45) is 0 Å². The van der Waals surface area contributed by atoms with Gasteiger partial charge in [0.15, 0.2) is 0 Å². The van der Waals surface area contributed by atoms with Crippen LogP contribution in [0.15, 0.2) is 46.9 Å². The fourth-order valence-electron chi connectivity index (χ4n) is 3.73. The molecule has 2 aromatic rings. The van der Waals surface area contributed by atoms with Crippen LogP contribution in [0.3, 0.4) is 0 Å². The van der Waals surface area contributed by atoms with Gasteiger partial charge in [-0.15, -0.1) is 0 Å². The lowest BCUT2D eigenvalue weighted by Crippen LogP contribution is -2.49. The molecule has 1 heterocycles. The number of carbonyl (C=O) groups is 2. The maximum absolute atomic E-state index is 13.6. The molecule has 4 nitrogen and oxygen atoms in total. The van der Waals surface area contributed by atoms with Gasteiger partial charge in [-0.05, 0) is 55.7 Å². The summed E-state index contributed by atoms with van der Waals surface area (Å²) in [7, 11) is 0. The molecule has 1 aliphatic heterocycles. The Kier molecular flexibility index (Phi) is 7.88. The van der Waals surface area contributed by atoms with Gasteiger partial charge in [-0.1, -0.05) is 73.6 Å². The van der Waals surface area contributed by atoms with E-state index in [0.29, 0.717) is 28.7 Å². The Bertz CT molecular complexity index is 919. The summed E-state index contributed by atoms with van der Waals surface area (Å²) in [5.41, 5.74) is 0.388. The summed E-state index contributed by atoms with van der Waals surface area (Å²) in [5.74, 6) is -0.269. The summed E-state index contributed by atoms with van der Waals surface area (Å²) in [4.78, 5) is 29.9. The molecule has 8 heteroatoms. The third kappa shape index (κ3) is 5.04. The minimum atomic E-state index is -0.992. The molecule has 0 saturated carbocycles. The molecule has 160 valence electrons.